The predicted octanol–water partition coefficient (Wildman–Crippen LogP) is 3.75. The van der Waals surface area contributed by atoms with E-state index in [0.29, 0.717) is 18.2 Å². The van der Waals surface area contributed by atoms with Crippen LogP contribution in [0.1, 0.15) is 29.7 Å². The quantitative estimate of drug-likeness (QED) is 0.476. The van der Waals surface area contributed by atoms with Gasteiger partial charge in [0.1, 0.15) is 12.6 Å². The zero-order valence-electron chi connectivity index (χ0n) is 15.7. The van der Waals surface area contributed by atoms with Crippen LogP contribution < -0.4 is 5.32 Å². The molecule has 142 valence electrons. The van der Waals surface area contributed by atoms with Crippen molar-refractivity contribution < 1.29 is 15.2 Å². The molecule has 3 nitrogen and oxygen atoms in total. The number of quaternary nitrogens is 1. The van der Waals surface area contributed by atoms with E-state index in [0.717, 1.165) is 17.9 Å². The summed E-state index contributed by atoms with van der Waals surface area (Å²) in [5.41, 5.74) is 3.73. The Morgan fingerprint density at radius 1 is 1.12 bits per heavy atom. The van der Waals surface area contributed by atoms with E-state index in [-0.39, 0.29) is 6.10 Å². The van der Waals surface area contributed by atoms with Crippen LogP contribution in [0.4, 0.5) is 0 Å². The Labute approximate surface area is 166 Å². The van der Waals surface area contributed by atoms with Crippen LogP contribution in [-0.2, 0) is 4.74 Å². The summed E-state index contributed by atoms with van der Waals surface area (Å²) in [5.74, 6) is 1.03. The van der Waals surface area contributed by atoms with Crippen LogP contribution in [-0.4, -0.2) is 36.7 Å². The Hall–Kier alpha value is -1.04. The summed E-state index contributed by atoms with van der Waals surface area (Å²) in [6.07, 6.45) is -0.515. The van der Waals surface area contributed by atoms with Gasteiger partial charge < -0.3 is 15.2 Å². The van der Waals surface area contributed by atoms with Gasteiger partial charge in [0.2, 0.25) is 0 Å². The highest BCUT2D eigenvalue weighted by Gasteiger charge is 2.11. The molecule has 0 aliphatic heterocycles. The zero-order valence-corrected chi connectivity index (χ0v) is 17.3. The molecule has 2 atom stereocenters. The van der Waals surface area contributed by atoms with Crippen molar-refractivity contribution in [2.45, 2.75) is 37.9 Å². The molecule has 0 aromatic heterocycles. The zero-order chi connectivity index (χ0) is 18.9. The first-order valence-corrected chi connectivity index (χ1v) is 10.4. The molecule has 0 aliphatic carbocycles. The number of aryl methyl sites for hydroxylation is 2. The monoisotopic (exact) mass is 394 g/mol. The van der Waals surface area contributed by atoms with Crippen LogP contribution in [0.2, 0.25) is 5.02 Å². The maximum absolute atomic E-state index is 10.1. The summed E-state index contributed by atoms with van der Waals surface area (Å²) in [6.45, 7) is 8.23. The van der Waals surface area contributed by atoms with Gasteiger partial charge in [0, 0.05) is 15.7 Å². The Balaban J connectivity index is 1.59. The standard InChI is InChI=1S/C21H28ClNO2S/c1-15-4-9-21(12-16(15)2)26-11-10-23-13-20(24)14-25-17(3)18-5-7-19(22)8-6-18/h4-9,12,17,20,23-24H,10-11,13-14H2,1-3H3/p+1/t17-,20+/m0/s1. The smallest absolute Gasteiger partial charge is 0.126 e. The van der Waals surface area contributed by atoms with Crippen LogP contribution in [0.5, 0.6) is 0 Å². The molecule has 0 amide bonds. The molecule has 2 rings (SSSR count). The molecular weight excluding hydrogens is 366 g/mol. The SMILES string of the molecule is Cc1ccc(SCC[NH2+]C[C@@H](O)CO[C@@H](C)c2ccc(Cl)cc2)cc1C. The second-order valence-corrected chi connectivity index (χ2v) is 8.19. The van der Waals surface area contributed by atoms with E-state index < -0.39 is 6.10 Å². The fourth-order valence-electron chi connectivity index (χ4n) is 2.53. The third-order valence-electron chi connectivity index (χ3n) is 4.39. The van der Waals surface area contributed by atoms with E-state index in [1.165, 1.54) is 16.0 Å². The average Bonchev–Trinajstić information content (AvgIpc) is 2.63. The number of hydrogen-bond acceptors (Lipinski definition) is 3. The van der Waals surface area contributed by atoms with Gasteiger partial charge in [-0.2, -0.15) is 0 Å². The highest BCUT2D eigenvalue weighted by Crippen LogP contribution is 2.20. The minimum absolute atomic E-state index is 0.0535. The summed E-state index contributed by atoms with van der Waals surface area (Å²) >= 11 is 7.75. The molecule has 0 saturated carbocycles. The van der Waals surface area contributed by atoms with Crippen molar-refractivity contribution >= 4 is 23.4 Å². The lowest BCUT2D eigenvalue weighted by atomic mass is 10.1. The summed E-state index contributed by atoms with van der Waals surface area (Å²) in [5, 5.41) is 13.0. The number of nitrogens with two attached hydrogens (primary N) is 1. The van der Waals surface area contributed by atoms with Crippen LogP contribution in [0, 0.1) is 13.8 Å². The normalized spacial score (nSPS) is 13.6. The van der Waals surface area contributed by atoms with Crippen molar-refractivity contribution in [3.63, 3.8) is 0 Å². The molecule has 0 spiro atoms. The molecule has 0 fully saturated rings. The number of ether oxygens (including phenoxy) is 1. The molecule has 5 heteroatoms. The van der Waals surface area contributed by atoms with E-state index in [2.05, 4.69) is 37.4 Å². The van der Waals surface area contributed by atoms with Crippen molar-refractivity contribution in [2.24, 2.45) is 0 Å². The van der Waals surface area contributed by atoms with Gasteiger partial charge in [-0.1, -0.05) is 29.8 Å². The van der Waals surface area contributed by atoms with Crippen molar-refractivity contribution in [3.8, 4) is 0 Å². The molecule has 0 unspecified atom stereocenters. The third kappa shape index (κ3) is 7.29. The van der Waals surface area contributed by atoms with Gasteiger partial charge in [0.15, 0.2) is 0 Å². The van der Waals surface area contributed by atoms with Crippen molar-refractivity contribution in [1.29, 1.82) is 0 Å². The number of benzene rings is 2. The molecule has 0 radical (unpaired) electrons. The third-order valence-corrected chi connectivity index (χ3v) is 5.66. The summed E-state index contributed by atoms with van der Waals surface area (Å²) in [4.78, 5) is 1.31. The van der Waals surface area contributed by atoms with Gasteiger partial charge in [-0.05, 0) is 61.7 Å². The number of thioether (sulfide) groups is 1. The molecule has 0 heterocycles. The minimum atomic E-state index is -0.462. The van der Waals surface area contributed by atoms with Crippen molar-refractivity contribution in [1.82, 2.24) is 0 Å². The number of hydrogen-bond donors (Lipinski definition) is 2. The van der Waals surface area contributed by atoms with E-state index in [9.17, 15) is 5.11 Å². The highest BCUT2D eigenvalue weighted by atomic mass is 35.5. The first kappa shape index (κ1) is 21.3. The number of aliphatic hydroxyl groups excluding tert-OH is 1. The summed E-state index contributed by atoms with van der Waals surface area (Å²) in [7, 11) is 0. The first-order chi connectivity index (χ1) is 12.5. The highest BCUT2D eigenvalue weighted by molar-refractivity contribution is 7.99. The summed E-state index contributed by atoms with van der Waals surface area (Å²) in [6, 6.07) is 14.2. The first-order valence-electron chi connectivity index (χ1n) is 9.02. The fourth-order valence-corrected chi connectivity index (χ4v) is 3.60. The molecule has 0 aliphatic rings. The molecule has 26 heavy (non-hydrogen) atoms. The molecule has 0 bridgehead atoms. The van der Waals surface area contributed by atoms with Crippen LogP contribution >= 0.6 is 23.4 Å². The molecule has 2 aromatic rings. The molecule has 3 N–H and O–H groups in total. The minimum Gasteiger partial charge on any atom is -0.385 e. The van der Waals surface area contributed by atoms with Crippen LogP contribution in [0.25, 0.3) is 0 Å². The second kappa shape index (κ2) is 11.0. The lowest BCUT2D eigenvalue weighted by Crippen LogP contribution is -2.87. The second-order valence-electron chi connectivity index (χ2n) is 6.59. The van der Waals surface area contributed by atoms with Gasteiger partial charge in [0.05, 0.1) is 19.3 Å². The topological polar surface area (TPSA) is 46.1 Å². The van der Waals surface area contributed by atoms with Gasteiger partial charge in [-0.3, -0.25) is 0 Å². The lowest BCUT2D eigenvalue weighted by Gasteiger charge is -2.16. The van der Waals surface area contributed by atoms with Crippen molar-refractivity contribution in [2.75, 3.05) is 25.4 Å². The molecular formula is C21H29ClNO2S+. The number of rotatable bonds is 10. The fraction of sp³-hybridized carbons (Fsp3) is 0.429. The van der Waals surface area contributed by atoms with Gasteiger partial charge >= 0.3 is 0 Å². The lowest BCUT2D eigenvalue weighted by molar-refractivity contribution is -0.657. The number of halogens is 1. The van der Waals surface area contributed by atoms with Gasteiger partial charge in [0.25, 0.3) is 0 Å². The predicted molar refractivity (Wildman–Crippen MR) is 110 cm³/mol. The molecule has 0 saturated heterocycles. The molecule has 2 aromatic carbocycles. The van der Waals surface area contributed by atoms with Gasteiger partial charge in [-0.25, -0.2) is 0 Å². The van der Waals surface area contributed by atoms with Crippen molar-refractivity contribution in [3.05, 3.63) is 64.2 Å². The Kier molecular flexibility index (Phi) is 8.96. The largest absolute Gasteiger partial charge is 0.385 e. The Morgan fingerprint density at radius 2 is 1.85 bits per heavy atom. The Bertz CT molecular complexity index is 678. The van der Waals surface area contributed by atoms with E-state index in [1.54, 1.807) is 0 Å². The van der Waals surface area contributed by atoms with Gasteiger partial charge in [-0.15, -0.1) is 11.8 Å². The van der Waals surface area contributed by atoms with Crippen LogP contribution in [0.3, 0.4) is 0 Å². The summed E-state index contributed by atoms with van der Waals surface area (Å²) < 4.78 is 5.76. The van der Waals surface area contributed by atoms with E-state index >= 15 is 0 Å². The maximum Gasteiger partial charge on any atom is 0.126 e. The number of aliphatic hydroxyl groups is 1. The Morgan fingerprint density at radius 3 is 2.54 bits per heavy atom. The van der Waals surface area contributed by atoms with E-state index in [4.69, 9.17) is 16.3 Å². The maximum atomic E-state index is 10.1. The van der Waals surface area contributed by atoms with Crippen LogP contribution in [0.15, 0.2) is 47.4 Å². The average molecular weight is 395 g/mol. The van der Waals surface area contributed by atoms with E-state index in [1.807, 2.05) is 43.0 Å².